The van der Waals surface area contributed by atoms with E-state index in [1.807, 2.05) is 26.8 Å². The molecular weight excluding hydrogens is 492 g/mol. The van der Waals surface area contributed by atoms with Crippen molar-refractivity contribution in [2.75, 3.05) is 6.61 Å². The molecule has 6 aliphatic rings. The van der Waals surface area contributed by atoms with Crippen LogP contribution in [0, 0.1) is 29.1 Å². The molecule has 3 heterocycles. The lowest BCUT2D eigenvalue weighted by Gasteiger charge is -2.51. The Morgan fingerprint density at radius 1 is 1.18 bits per heavy atom. The first-order chi connectivity index (χ1) is 17.8. The third-order valence-corrected chi connectivity index (χ3v) is 11.3. The highest BCUT2D eigenvalue weighted by Crippen LogP contribution is 2.66. The average Bonchev–Trinajstić information content (AvgIpc) is 3.46. The summed E-state index contributed by atoms with van der Waals surface area (Å²) in [5.74, 6) is -1.80. The van der Waals surface area contributed by atoms with Gasteiger partial charge in [0.05, 0.1) is 36.4 Å². The molecule has 9 heteroatoms. The fourth-order valence-electron chi connectivity index (χ4n) is 9.31. The van der Waals surface area contributed by atoms with Crippen LogP contribution in [0.1, 0.15) is 66.2 Å². The van der Waals surface area contributed by atoms with Crippen molar-refractivity contribution in [3.63, 3.8) is 0 Å². The van der Waals surface area contributed by atoms with Crippen LogP contribution in [0.15, 0.2) is 23.3 Å². The summed E-state index contributed by atoms with van der Waals surface area (Å²) in [7, 11) is 0. The molecule has 0 unspecified atom stereocenters. The Morgan fingerprint density at radius 2 is 1.89 bits per heavy atom. The zero-order valence-electron chi connectivity index (χ0n) is 22.6. The van der Waals surface area contributed by atoms with E-state index >= 15 is 0 Å². The molecule has 0 amide bonds. The quantitative estimate of drug-likeness (QED) is 0.313. The van der Waals surface area contributed by atoms with Crippen LogP contribution in [0.4, 0.5) is 0 Å². The van der Waals surface area contributed by atoms with E-state index < -0.39 is 52.6 Å². The molecule has 0 aromatic rings. The van der Waals surface area contributed by atoms with Gasteiger partial charge in [0, 0.05) is 23.3 Å². The number of rotatable bonds is 4. The van der Waals surface area contributed by atoms with Crippen LogP contribution in [0.25, 0.3) is 0 Å². The van der Waals surface area contributed by atoms with Gasteiger partial charge >= 0.3 is 11.9 Å². The van der Waals surface area contributed by atoms with Crippen LogP contribution in [-0.4, -0.2) is 80.2 Å². The van der Waals surface area contributed by atoms with E-state index in [-0.39, 0.29) is 49.1 Å². The normalized spacial score (nSPS) is 51.1. The molecule has 3 aliphatic heterocycles. The number of ether oxygens (including phenoxy) is 3. The van der Waals surface area contributed by atoms with Crippen LogP contribution < -0.4 is 0 Å². The van der Waals surface area contributed by atoms with Crippen molar-refractivity contribution in [3.8, 4) is 0 Å². The van der Waals surface area contributed by atoms with Gasteiger partial charge in [-0.1, -0.05) is 25.5 Å². The molecule has 12 atom stereocenters. The lowest BCUT2D eigenvalue weighted by atomic mass is 9.56. The Kier molecular flexibility index (Phi) is 5.82. The van der Waals surface area contributed by atoms with E-state index in [9.17, 15) is 30.0 Å². The third kappa shape index (κ3) is 3.35. The van der Waals surface area contributed by atoms with Crippen molar-refractivity contribution >= 4 is 11.9 Å². The van der Waals surface area contributed by atoms with Gasteiger partial charge in [0.25, 0.3) is 0 Å². The average molecular weight is 533 g/mol. The third-order valence-electron chi connectivity index (χ3n) is 11.3. The number of aliphatic hydroxyl groups is 4. The monoisotopic (exact) mass is 532 g/mol. The standard InChI is InChI=1S/C29H40O9/c1-14-9-18(36-25(14)34)24(33)15(2)16-10-21(31)27(4)17(16)7-8-28(35)12-29-19(5-6-20(27)28)26(3,13-30)37-22(29)11-23(32)38-29/h7,9,15-16,18-22,24,30-31,33,35H,5-6,8,10-13H2,1-4H3/t15-,16+,18+,19-,20-,21-,22+,24-,26+,27-,28-,29+/m0/s1. The number of carbonyl (C=O) groups excluding carboxylic acids is 2. The first-order valence-electron chi connectivity index (χ1n) is 14.0. The first kappa shape index (κ1) is 26.4. The fourth-order valence-corrected chi connectivity index (χ4v) is 9.31. The van der Waals surface area contributed by atoms with Gasteiger partial charge in [0.2, 0.25) is 0 Å². The van der Waals surface area contributed by atoms with Gasteiger partial charge in [-0.3, -0.25) is 4.79 Å². The summed E-state index contributed by atoms with van der Waals surface area (Å²) in [5, 5.41) is 45.3. The van der Waals surface area contributed by atoms with Gasteiger partial charge in [-0.25, -0.2) is 4.79 Å². The molecule has 2 saturated heterocycles. The van der Waals surface area contributed by atoms with Crippen molar-refractivity contribution < 1.29 is 44.2 Å². The molecule has 3 aliphatic carbocycles. The molecule has 6 rings (SSSR count). The smallest absolute Gasteiger partial charge is 0.334 e. The Morgan fingerprint density at radius 3 is 2.55 bits per heavy atom. The highest BCUT2D eigenvalue weighted by atomic mass is 16.6. The van der Waals surface area contributed by atoms with E-state index in [0.29, 0.717) is 31.3 Å². The predicted octanol–water partition coefficient (Wildman–Crippen LogP) is 1.56. The Balaban J connectivity index is 1.34. The summed E-state index contributed by atoms with van der Waals surface area (Å²) in [5.41, 5.74) is -2.37. The van der Waals surface area contributed by atoms with Crippen LogP contribution in [0.2, 0.25) is 0 Å². The number of aliphatic hydroxyl groups excluding tert-OH is 3. The Labute approximate surface area is 222 Å². The molecule has 0 radical (unpaired) electrons. The van der Waals surface area contributed by atoms with E-state index in [1.165, 1.54) is 0 Å². The van der Waals surface area contributed by atoms with E-state index in [0.717, 1.165) is 5.57 Å². The summed E-state index contributed by atoms with van der Waals surface area (Å²) in [6.07, 6.45) is 2.97. The second kappa shape index (κ2) is 8.36. The van der Waals surface area contributed by atoms with Crippen molar-refractivity contribution in [3.05, 3.63) is 23.3 Å². The minimum Gasteiger partial charge on any atom is -0.456 e. The predicted molar refractivity (Wildman–Crippen MR) is 133 cm³/mol. The number of hydrogen-bond acceptors (Lipinski definition) is 9. The molecule has 9 nitrogen and oxygen atoms in total. The summed E-state index contributed by atoms with van der Waals surface area (Å²) < 4.78 is 17.6. The van der Waals surface area contributed by atoms with Crippen molar-refractivity contribution in [1.82, 2.24) is 0 Å². The molecule has 0 bridgehead atoms. The van der Waals surface area contributed by atoms with Crippen LogP contribution in [-0.2, 0) is 23.8 Å². The summed E-state index contributed by atoms with van der Waals surface area (Å²) in [6.45, 7) is 7.24. The lowest BCUT2D eigenvalue weighted by molar-refractivity contribution is -0.165. The van der Waals surface area contributed by atoms with Crippen LogP contribution in [0.3, 0.4) is 0 Å². The van der Waals surface area contributed by atoms with Crippen LogP contribution >= 0.6 is 0 Å². The van der Waals surface area contributed by atoms with Gasteiger partial charge in [0.15, 0.2) is 0 Å². The number of carbonyl (C=O) groups is 2. The van der Waals surface area contributed by atoms with E-state index in [4.69, 9.17) is 14.2 Å². The molecule has 4 fully saturated rings. The van der Waals surface area contributed by atoms with E-state index in [1.54, 1.807) is 13.0 Å². The van der Waals surface area contributed by atoms with Crippen LogP contribution in [0.5, 0.6) is 0 Å². The molecule has 210 valence electrons. The minimum absolute atomic E-state index is 0.102. The Hall–Kier alpha value is -1.78. The Bertz CT molecular complexity index is 1120. The lowest BCUT2D eigenvalue weighted by Crippen LogP contribution is -2.56. The van der Waals surface area contributed by atoms with E-state index in [2.05, 4.69) is 0 Å². The van der Waals surface area contributed by atoms with Crippen molar-refractivity contribution in [2.45, 2.75) is 107 Å². The molecular formula is C29H40O9. The molecule has 1 spiro atoms. The molecule has 0 aromatic carbocycles. The van der Waals surface area contributed by atoms with Gasteiger partial charge < -0.3 is 34.6 Å². The molecule has 2 saturated carbocycles. The van der Waals surface area contributed by atoms with Gasteiger partial charge in [0.1, 0.15) is 17.8 Å². The number of cyclic esters (lactones) is 1. The maximum absolute atomic E-state index is 12.5. The maximum atomic E-state index is 12.5. The highest BCUT2D eigenvalue weighted by Gasteiger charge is 2.72. The number of hydrogen-bond donors (Lipinski definition) is 4. The van der Waals surface area contributed by atoms with Crippen molar-refractivity contribution in [2.24, 2.45) is 29.1 Å². The second-order valence-electron chi connectivity index (χ2n) is 13.2. The number of esters is 2. The van der Waals surface area contributed by atoms with Gasteiger partial charge in [-0.05, 0) is 63.4 Å². The van der Waals surface area contributed by atoms with Gasteiger partial charge in [-0.15, -0.1) is 0 Å². The fraction of sp³-hybridized carbons (Fsp3) is 0.793. The first-order valence-corrected chi connectivity index (χ1v) is 14.0. The largest absolute Gasteiger partial charge is 0.456 e. The maximum Gasteiger partial charge on any atom is 0.334 e. The summed E-state index contributed by atoms with van der Waals surface area (Å²) in [6, 6.07) is 0. The minimum atomic E-state index is -1.24. The molecule has 0 aromatic heterocycles. The SMILES string of the molecule is CC1=C[C@H]([C@@H](O)[C@@H](C)[C@H]2C[C@H](O)[C@@]3(C)C2=CC[C@]2(O)C[C@]45OC(=O)C[C@H]4O[C@](C)(CO)[C@@H]5CC[C@H]23)OC1=O. The second-order valence-corrected chi connectivity index (χ2v) is 13.2. The molecule has 38 heavy (non-hydrogen) atoms. The molecule has 4 N–H and O–H groups in total. The zero-order valence-corrected chi connectivity index (χ0v) is 22.6. The van der Waals surface area contributed by atoms with Crippen molar-refractivity contribution in [1.29, 1.82) is 0 Å². The topological polar surface area (TPSA) is 143 Å². The summed E-state index contributed by atoms with van der Waals surface area (Å²) >= 11 is 0. The van der Waals surface area contributed by atoms with Gasteiger partial charge in [-0.2, -0.15) is 0 Å². The number of fused-ring (bicyclic) bond motifs is 3. The zero-order chi connectivity index (χ0) is 27.4. The highest BCUT2D eigenvalue weighted by molar-refractivity contribution is 5.90. The summed E-state index contributed by atoms with van der Waals surface area (Å²) in [4.78, 5) is 24.4.